The molecule has 29 heavy (non-hydrogen) atoms. The average molecular weight is 387 g/mol. The van der Waals surface area contributed by atoms with Crippen molar-refractivity contribution in [3.63, 3.8) is 0 Å². The first-order valence-corrected chi connectivity index (χ1v) is 9.18. The number of ether oxygens (including phenoxy) is 2. The minimum atomic E-state index is -0.593. The molecular weight excluding hydrogens is 370 g/mol. The van der Waals surface area contributed by atoms with Crippen LogP contribution in [0.2, 0.25) is 0 Å². The lowest BCUT2D eigenvalue weighted by molar-refractivity contribution is -0.250. The van der Waals surface area contributed by atoms with Crippen LogP contribution in [-0.2, 0) is 16.4 Å². The van der Waals surface area contributed by atoms with E-state index in [0.29, 0.717) is 17.2 Å². The SMILES string of the molecule is O=C(OOCc1ccccc1)c1[nH]c2ccccc2c1-c1ccc2c(c1)OCO2. The van der Waals surface area contributed by atoms with E-state index in [1.165, 1.54) is 0 Å². The summed E-state index contributed by atoms with van der Waals surface area (Å²) < 4.78 is 10.9. The van der Waals surface area contributed by atoms with Gasteiger partial charge in [0.2, 0.25) is 6.79 Å². The fourth-order valence-electron chi connectivity index (χ4n) is 3.41. The van der Waals surface area contributed by atoms with Crippen LogP contribution in [0, 0.1) is 0 Å². The average Bonchev–Trinajstić information content (AvgIpc) is 3.38. The van der Waals surface area contributed by atoms with Crippen molar-refractivity contribution in [2.24, 2.45) is 0 Å². The van der Waals surface area contributed by atoms with Crippen LogP contribution >= 0.6 is 0 Å². The number of hydrogen-bond acceptors (Lipinski definition) is 5. The number of benzene rings is 3. The van der Waals surface area contributed by atoms with Crippen molar-refractivity contribution >= 4 is 16.9 Å². The van der Waals surface area contributed by atoms with Crippen molar-refractivity contribution in [2.45, 2.75) is 6.61 Å². The Morgan fingerprint density at radius 1 is 0.931 bits per heavy atom. The zero-order chi connectivity index (χ0) is 19.6. The lowest BCUT2D eigenvalue weighted by Crippen LogP contribution is -2.08. The van der Waals surface area contributed by atoms with Crippen LogP contribution in [0.4, 0.5) is 0 Å². The van der Waals surface area contributed by atoms with Crippen LogP contribution < -0.4 is 9.47 Å². The summed E-state index contributed by atoms with van der Waals surface area (Å²) >= 11 is 0. The molecule has 0 saturated heterocycles. The molecule has 1 aromatic heterocycles. The third kappa shape index (κ3) is 3.30. The molecule has 0 aliphatic carbocycles. The zero-order valence-corrected chi connectivity index (χ0v) is 15.4. The van der Waals surface area contributed by atoms with Crippen molar-refractivity contribution in [2.75, 3.05) is 6.79 Å². The Labute approximate surface area is 166 Å². The highest BCUT2D eigenvalue weighted by Crippen LogP contribution is 2.39. The van der Waals surface area contributed by atoms with E-state index in [0.717, 1.165) is 27.6 Å². The normalized spacial score (nSPS) is 12.3. The van der Waals surface area contributed by atoms with Gasteiger partial charge >= 0.3 is 5.97 Å². The molecule has 2 heterocycles. The van der Waals surface area contributed by atoms with Gasteiger partial charge in [-0.2, -0.15) is 4.89 Å². The summed E-state index contributed by atoms with van der Waals surface area (Å²) in [5, 5.41) is 0.904. The van der Waals surface area contributed by atoms with Gasteiger partial charge in [0.05, 0.1) is 0 Å². The molecule has 4 aromatic rings. The van der Waals surface area contributed by atoms with Crippen LogP contribution in [0.3, 0.4) is 0 Å². The number of para-hydroxylation sites is 1. The fraction of sp³-hybridized carbons (Fsp3) is 0.0870. The number of nitrogens with one attached hydrogen (secondary N) is 1. The smallest absolute Gasteiger partial charge is 0.389 e. The van der Waals surface area contributed by atoms with Crippen LogP contribution in [0.15, 0.2) is 72.8 Å². The standard InChI is InChI=1S/C23H17NO5/c25-23(29-28-13-15-6-2-1-3-7-15)22-21(17-8-4-5-9-18(17)24-22)16-10-11-19-20(12-16)27-14-26-19/h1-12,24H,13-14H2. The molecule has 6 nitrogen and oxygen atoms in total. The molecule has 0 saturated carbocycles. The lowest BCUT2D eigenvalue weighted by Gasteiger charge is -2.07. The molecule has 0 atom stereocenters. The van der Waals surface area contributed by atoms with E-state index in [1.807, 2.05) is 72.8 Å². The Kier molecular flexibility index (Phi) is 4.38. The Morgan fingerprint density at radius 2 is 1.72 bits per heavy atom. The highest BCUT2D eigenvalue weighted by atomic mass is 17.2. The van der Waals surface area contributed by atoms with Gasteiger partial charge in [-0.1, -0.05) is 54.6 Å². The van der Waals surface area contributed by atoms with E-state index < -0.39 is 5.97 Å². The first kappa shape index (κ1) is 17.3. The molecule has 0 radical (unpaired) electrons. The number of carbonyl (C=O) groups excluding carboxylic acids is 1. The number of rotatable bonds is 5. The topological polar surface area (TPSA) is 69.8 Å². The number of H-pyrrole nitrogens is 1. The molecule has 0 fully saturated rings. The molecule has 144 valence electrons. The maximum absolute atomic E-state index is 12.8. The van der Waals surface area contributed by atoms with Gasteiger partial charge in [-0.25, -0.2) is 4.79 Å². The van der Waals surface area contributed by atoms with Gasteiger partial charge in [-0.05, 0) is 29.3 Å². The van der Waals surface area contributed by atoms with Crippen LogP contribution in [-0.4, -0.2) is 17.7 Å². The summed E-state index contributed by atoms with van der Waals surface area (Å²) in [6, 6.07) is 22.8. The van der Waals surface area contributed by atoms with Gasteiger partial charge in [-0.3, -0.25) is 4.89 Å². The second kappa shape index (κ2) is 7.33. The predicted octanol–water partition coefficient (Wildman–Crippen LogP) is 4.85. The number of aromatic nitrogens is 1. The van der Waals surface area contributed by atoms with Crippen molar-refractivity contribution in [1.29, 1.82) is 0 Å². The van der Waals surface area contributed by atoms with E-state index in [4.69, 9.17) is 19.2 Å². The first-order chi connectivity index (χ1) is 14.3. The Morgan fingerprint density at radius 3 is 2.62 bits per heavy atom. The predicted molar refractivity (Wildman–Crippen MR) is 107 cm³/mol. The molecule has 1 aliphatic heterocycles. The third-order valence-corrected chi connectivity index (χ3v) is 4.77. The maximum atomic E-state index is 12.8. The lowest BCUT2D eigenvalue weighted by atomic mass is 10.0. The van der Waals surface area contributed by atoms with Gasteiger partial charge in [0.1, 0.15) is 12.3 Å². The van der Waals surface area contributed by atoms with E-state index in [1.54, 1.807) is 0 Å². The van der Waals surface area contributed by atoms with Crippen LogP contribution in [0.5, 0.6) is 11.5 Å². The molecular formula is C23H17NO5. The molecule has 3 aromatic carbocycles. The van der Waals surface area contributed by atoms with Crippen molar-refractivity contribution in [1.82, 2.24) is 4.98 Å². The van der Waals surface area contributed by atoms with Crippen molar-refractivity contribution in [3.05, 3.63) is 84.1 Å². The molecule has 5 rings (SSSR count). The van der Waals surface area contributed by atoms with Crippen molar-refractivity contribution < 1.29 is 24.0 Å². The summed E-state index contributed by atoms with van der Waals surface area (Å²) in [7, 11) is 0. The first-order valence-electron chi connectivity index (χ1n) is 9.18. The van der Waals surface area contributed by atoms with Gasteiger partial charge in [0.25, 0.3) is 0 Å². The second-order valence-electron chi connectivity index (χ2n) is 6.61. The minimum absolute atomic E-state index is 0.173. The van der Waals surface area contributed by atoms with Crippen LogP contribution in [0.25, 0.3) is 22.0 Å². The summed E-state index contributed by atoms with van der Waals surface area (Å²) in [6.07, 6.45) is 0. The number of fused-ring (bicyclic) bond motifs is 2. The fourth-order valence-corrected chi connectivity index (χ4v) is 3.41. The van der Waals surface area contributed by atoms with Gasteiger partial charge < -0.3 is 14.5 Å². The van der Waals surface area contributed by atoms with Crippen LogP contribution in [0.1, 0.15) is 16.1 Å². The largest absolute Gasteiger partial charge is 0.454 e. The van der Waals surface area contributed by atoms with Gasteiger partial charge in [-0.15, -0.1) is 0 Å². The van der Waals surface area contributed by atoms with E-state index >= 15 is 0 Å². The molecule has 0 amide bonds. The summed E-state index contributed by atoms with van der Waals surface area (Å²) in [5.74, 6) is 0.737. The molecule has 1 N–H and O–H groups in total. The van der Waals surface area contributed by atoms with Gasteiger partial charge in [0.15, 0.2) is 11.5 Å². The molecule has 0 bridgehead atoms. The van der Waals surface area contributed by atoms with E-state index in [2.05, 4.69) is 4.98 Å². The molecule has 0 spiro atoms. The molecule has 0 unspecified atom stereocenters. The van der Waals surface area contributed by atoms with Gasteiger partial charge in [0, 0.05) is 16.5 Å². The van der Waals surface area contributed by atoms with Crippen molar-refractivity contribution in [3.8, 4) is 22.6 Å². The van der Waals surface area contributed by atoms with E-state index in [-0.39, 0.29) is 13.4 Å². The monoisotopic (exact) mass is 387 g/mol. The summed E-state index contributed by atoms with van der Waals surface area (Å²) in [4.78, 5) is 26.2. The molecule has 6 heteroatoms. The Balaban J connectivity index is 1.47. The molecule has 1 aliphatic rings. The Hall–Kier alpha value is -3.77. The number of carbonyl (C=O) groups is 1. The maximum Gasteiger partial charge on any atom is 0.389 e. The third-order valence-electron chi connectivity index (χ3n) is 4.77. The highest BCUT2D eigenvalue weighted by molar-refractivity contribution is 6.08. The van der Waals surface area contributed by atoms with E-state index in [9.17, 15) is 4.79 Å². The summed E-state index contributed by atoms with van der Waals surface area (Å²) in [6.45, 7) is 0.362. The zero-order valence-electron chi connectivity index (χ0n) is 15.4. The summed E-state index contributed by atoms with van der Waals surface area (Å²) in [5.41, 5.74) is 3.61. The number of hydrogen-bond donors (Lipinski definition) is 1. The minimum Gasteiger partial charge on any atom is -0.454 e. The second-order valence-corrected chi connectivity index (χ2v) is 6.61. The Bertz CT molecular complexity index is 1180. The number of aromatic amines is 1. The highest BCUT2D eigenvalue weighted by Gasteiger charge is 2.23. The quantitative estimate of drug-likeness (QED) is 0.391.